The van der Waals surface area contributed by atoms with Crippen LogP contribution in [0, 0.1) is 5.92 Å². The summed E-state index contributed by atoms with van der Waals surface area (Å²) in [6.45, 7) is 10.6. The zero-order valence-corrected chi connectivity index (χ0v) is 18.2. The molecule has 0 bridgehead atoms. The minimum absolute atomic E-state index is 0. The van der Waals surface area contributed by atoms with Gasteiger partial charge in [0.15, 0.2) is 5.96 Å². The summed E-state index contributed by atoms with van der Waals surface area (Å²) < 4.78 is 5.71. The summed E-state index contributed by atoms with van der Waals surface area (Å²) in [5.74, 6) is 2.44. The van der Waals surface area contributed by atoms with Gasteiger partial charge in [0.1, 0.15) is 5.75 Å². The number of para-hydroxylation sites is 1. The number of likely N-dealkylation sites (tertiary alicyclic amines) is 1. The molecule has 2 atom stereocenters. The average Bonchev–Trinajstić information content (AvgIpc) is 2.95. The van der Waals surface area contributed by atoms with Crippen molar-refractivity contribution in [2.24, 2.45) is 10.9 Å². The number of aliphatic imine (C=N–C) groups is 1. The number of rotatable bonds is 7. The Balaban J connectivity index is 0.00000312. The van der Waals surface area contributed by atoms with E-state index in [0.29, 0.717) is 24.6 Å². The fourth-order valence-corrected chi connectivity index (χ4v) is 2.97. The number of halogens is 1. The maximum Gasteiger partial charge on any atom is 0.191 e. The molecule has 2 N–H and O–H groups in total. The monoisotopic (exact) mass is 460 g/mol. The van der Waals surface area contributed by atoms with E-state index < -0.39 is 0 Å². The van der Waals surface area contributed by atoms with Crippen LogP contribution < -0.4 is 15.4 Å². The van der Waals surface area contributed by atoms with Gasteiger partial charge in [0.25, 0.3) is 0 Å². The number of ether oxygens (including phenoxy) is 1. The third kappa shape index (κ3) is 7.40. The first kappa shape index (κ1) is 22.0. The van der Waals surface area contributed by atoms with Crippen LogP contribution in [0.3, 0.4) is 0 Å². The van der Waals surface area contributed by atoms with Gasteiger partial charge < -0.3 is 15.4 Å². The van der Waals surface area contributed by atoms with Crippen LogP contribution in [0.5, 0.6) is 5.75 Å². The molecule has 0 amide bonds. The van der Waals surface area contributed by atoms with E-state index in [1.807, 2.05) is 37.4 Å². The molecule has 142 valence electrons. The van der Waals surface area contributed by atoms with Crippen LogP contribution in [0.1, 0.15) is 27.2 Å². The van der Waals surface area contributed by atoms with E-state index in [1.54, 1.807) is 0 Å². The second-order valence-electron chi connectivity index (χ2n) is 6.79. The number of benzene rings is 1. The highest BCUT2D eigenvalue weighted by Gasteiger charge is 2.31. The number of guanidine groups is 1. The predicted octanol–water partition coefficient (Wildman–Crippen LogP) is 2.97. The van der Waals surface area contributed by atoms with Crippen LogP contribution >= 0.6 is 24.0 Å². The van der Waals surface area contributed by atoms with Gasteiger partial charge in [-0.15, -0.1) is 24.0 Å². The Kier molecular flexibility index (Phi) is 10.2. The van der Waals surface area contributed by atoms with Gasteiger partial charge in [-0.3, -0.25) is 9.89 Å². The van der Waals surface area contributed by atoms with E-state index in [9.17, 15) is 0 Å². The van der Waals surface area contributed by atoms with Crippen molar-refractivity contribution >= 4 is 29.9 Å². The highest BCUT2D eigenvalue weighted by atomic mass is 127. The Labute approximate surface area is 169 Å². The smallest absolute Gasteiger partial charge is 0.191 e. The number of nitrogens with zero attached hydrogens (tertiary/aromatic N) is 2. The first-order valence-corrected chi connectivity index (χ1v) is 8.99. The predicted molar refractivity (Wildman–Crippen MR) is 116 cm³/mol. The molecule has 0 spiro atoms. The molecule has 1 aliphatic rings. The average molecular weight is 460 g/mol. The molecular formula is C19H33IN4O. The number of nitrogens with one attached hydrogen (secondary N) is 2. The van der Waals surface area contributed by atoms with Gasteiger partial charge in [0.05, 0.1) is 6.61 Å². The molecule has 0 radical (unpaired) electrons. The molecule has 5 nitrogen and oxygen atoms in total. The van der Waals surface area contributed by atoms with E-state index in [0.717, 1.165) is 37.8 Å². The maximum absolute atomic E-state index is 5.71. The third-order valence-corrected chi connectivity index (χ3v) is 4.54. The molecule has 1 aromatic carbocycles. The Hall–Kier alpha value is -1.02. The fourth-order valence-electron chi connectivity index (χ4n) is 2.97. The van der Waals surface area contributed by atoms with Gasteiger partial charge >= 0.3 is 0 Å². The molecule has 1 aliphatic heterocycles. The van der Waals surface area contributed by atoms with Gasteiger partial charge in [0, 0.05) is 38.8 Å². The van der Waals surface area contributed by atoms with Crippen LogP contribution in [-0.2, 0) is 0 Å². The van der Waals surface area contributed by atoms with Crippen LogP contribution in [-0.4, -0.2) is 56.2 Å². The van der Waals surface area contributed by atoms with E-state index in [-0.39, 0.29) is 24.0 Å². The van der Waals surface area contributed by atoms with Crippen molar-refractivity contribution in [1.29, 1.82) is 0 Å². The van der Waals surface area contributed by atoms with Crippen molar-refractivity contribution in [2.75, 3.05) is 33.3 Å². The zero-order valence-electron chi connectivity index (χ0n) is 15.9. The number of hydrogen-bond donors (Lipinski definition) is 2. The lowest BCUT2D eigenvalue weighted by atomic mass is 10.1. The summed E-state index contributed by atoms with van der Waals surface area (Å²) in [7, 11) is 1.83. The van der Waals surface area contributed by atoms with E-state index in [2.05, 4.69) is 41.3 Å². The molecule has 0 saturated carbocycles. The van der Waals surface area contributed by atoms with Crippen molar-refractivity contribution in [3.63, 3.8) is 0 Å². The standard InChI is InChI=1S/C19H32N4O.HI/c1-15(2)23-13-16(3)18(14-23)22-19(20-4)21-11-8-12-24-17-9-6-5-7-10-17;/h5-7,9-10,15-16,18H,8,11-14H2,1-4H3,(H2,20,21,22);1H. The Morgan fingerprint density at radius 3 is 2.60 bits per heavy atom. The summed E-state index contributed by atoms with van der Waals surface area (Å²) in [4.78, 5) is 6.86. The topological polar surface area (TPSA) is 48.9 Å². The quantitative estimate of drug-likeness (QED) is 0.284. The van der Waals surface area contributed by atoms with Crippen molar-refractivity contribution in [2.45, 2.75) is 39.3 Å². The summed E-state index contributed by atoms with van der Waals surface area (Å²) >= 11 is 0. The van der Waals surface area contributed by atoms with Crippen LogP contribution in [0.15, 0.2) is 35.3 Å². The minimum Gasteiger partial charge on any atom is -0.494 e. The molecule has 0 aliphatic carbocycles. The van der Waals surface area contributed by atoms with Gasteiger partial charge in [-0.2, -0.15) is 0 Å². The molecule has 1 aromatic rings. The second kappa shape index (κ2) is 11.6. The van der Waals surface area contributed by atoms with Crippen molar-refractivity contribution in [3.05, 3.63) is 30.3 Å². The highest BCUT2D eigenvalue weighted by molar-refractivity contribution is 14.0. The highest BCUT2D eigenvalue weighted by Crippen LogP contribution is 2.18. The molecule has 1 fully saturated rings. The Bertz CT molecular complexity index is 509. The number of hydrogen-bond acceptors (Lipinski definition) is 3. The summed E-state index contributed by atoms with van der Waals surface area (Å²) in [5, 5.41) is 6.95. The Morgan fingerprint density at radius 2 is 2.00 bits per heavy atom. The van der Waals surface area contributed by atoms with Gasteiger partial charge in [-0.25, -0.2) is 0 Å². The van der Waals surface area contributed by atoms with Gasteiger partial charge in [-0.1, -0.05) is 25.1 Å². The molecule has 1 heterocycles. The lowest BCUT2D eigenvalue weighted by molar-refractivity contribution is 0.265. The lowest BCUT2D eigenvalue weighted by Gasteiger charge is -2.22. The van der Waals surface area contributed by atoms with E-state index in [4.69, 9.17) is 4.74 Å². The van der Waals surface area contributed by atoms with Crippen LogP contribution in [0.25, 0.3) is 0 Å². The maximum atomic E-state index is 5.71. The molecule has 2 unspecified atom stereocenters. The van der Waals surface area contributed by atoms with Crippen molar-refractivity contribution in [1.82, 2.24) is 15.5 Å². The largest absolute Gasteiger partial charge is 0.494 e. The molecule has 0 aromatic heterocycles. The summed E-state index contributed by atoms with van der Waals surface area (Å²) in [5.41, 5.74) is 0. The SMILES string of the molecule is CN=C(NCCCOc1ccccc1)NC1CN(C(C)C)CC1C.I. The molecule has 25 heavy (non-hydrogen) atoms. The molecule has 6 heteroatoms. The summed E-state index contributed by atoms with van der Waals surface area (Å²) in [6.07, 6.45) is 0.938. The minimum atomic E-state index is 0. The molecule has 2 rings (SSSR count). The van der Waals surface area contributed by atoms with Gasteiger partial charge in [0.2, 0.25) is 0 Å². The lowest BCUT2D eigenvalue weighted by Crippen LogP contribution is -2.47. The van der Waals surface area contributed by atoms with Crippen molar-refractivity contribution in [3.8, 4) is 5.75 Å². The molecular weight excluding hydrogens is 427 g/mol. The normalized spacial score (nSPS) is 21.1. The zero-order chi connectivity index (χ0) is 17.4. The second-order valence-corrected chi connectivity index (χ2v) is 6.79. The first-order chi connectivity index (χ1) is 11.6. The first-order valence-electron chi connectivity index (χ1n) is 8.99. The summed E-state index contributed by atoms with van der Waals surface area (Å²) in [6, 6.07) is 11.0. The van der Waals surface area contributed by atoms with Crippen molar-refractivity contribution < 1.29 is 4.74 Å². The Morgan fingerprint density at radius 1 is 1.28 bits per heavy atom. The molecule has 1 saturated heterocycles. The van der Waals surface area contributed by atoms with E-state index in [1.165, 1.54) is 0 Å². The third-order valence-electron chi connectivity index (χ3n) is 4.54. The van der Waals surface area contributed by atoms with Crippen LogP contribution in [0.4, 0.5) is 0 Å². The van der Waals surface area contributed by atoms with Gasteiger partial charge in [-0.05, 0) is 38.3 Å². The van der Waals surface area contributed by atoms with Crippen LogP contribution in [0.2, 0.25) is 0 Å². The fraction of sp³-hybridized carbons (Fsp3) is 0.632. The van der Waals surface area contributed by atoms with E-state index >= 15 is 0 Å².